The molecule has 0 aliphatic heterocycles. The van der Waals surface area contributed by atoms with Gasteiger partial charge in [-0.2, -0.15) is 0 Å². The van der Waals surface area contributed by atoms with Crippen molar-refractivity contribution in [3.63, 3.8) is 0 Å². The molecule has 1 N–H and O–H groups in total. The van der Waals surface area contributed by atoms with Gasteiger partial charge in [-0.25, -0.2) is 15.0 Å². The molecule has 0 fully saturated rings. The van der Waals surface area contributed by atoms with Crippen LogP contribution in [0.4, 0.5) is 11.6 Å². The predicted octanol–water partition coefficient (Wildman–Crippen LogP) is 2.70. The van der Waals surface area contributed by atoms with Gasteiger partial charge in [0.25, 0.3) is 0 Å². The summed E-state index contributed by atoms with van der Waals surface area (Å²) >= 11 is 1.61. The van der Waals surface area contributed by atoms with Crippen LogP contribution in [0.2, 0.25) is 0 Å². The Morgan fingerprint density at radius 2 is 2.16 bits per heavy atom. The minimum absolute atomic E-state index is 0.759. The van der Waals surface area contributed by atoms with Crippen LogP contribution in [0.3, 0.4) is 0 Å². The molecule has 2 aromatic rings. The van der Waals surface area contributed by atoms with Gasteiger partial charge in [0.05, 0.1) is 17.7 Å². The maximum atomic E-state index is 4.38. The Bertz CT molecular complexity index is 512. The van der Waals surface area contributed by atoms with Gasteiger partial charge in [-0.05, 0) is 13.3 Å². The van der Waals surface area contributed by atoms with Gasteiger partial charge in [-0.1, -0.05) is 6.92 Å². The molecule has 102 valence electrons. The minimum Gasteiger partial charge on any atom is -0.370 e. The van der Waals surface area contributed by atoms with Crippen molar-refractivity contribution >= 4 is 23.0 Å². The van der Waals surface area contributed by atoms with E-state index in [-0.39, 0.29) is 0 Å². The monoisotopic (exact) mass is 277 g/mol. The van der Waals surface area contributed by atoms with E-state index in [9.17, 15) is 0 Å². The maximum absolute atomic E-state index is 4.38. The molecule has 2 aromatic heterocycles. The second-order valence-electron chi connectivity index (χ2n) is 4.43. The van der Waals surface area contributed by atoms with Crippen LogP contribution in [0.25, 0.3) is 0 Å². The highest BCUT2D eigenvalue weighted by atomic mass is 32.1. The summed E-state index contributed by atoms with van der Waals surface area (Å²) in [5.74, 6) is 1.86. The van der Waals surface area contributed by atoms with E-state index >= 15 is 0 Å². The summed E-state index contributed by atoms with van der Waals surface area (Å²) < 4.78 is 0. The molecule has 0 saturated carbocycles. The van der Waals surface area contributed by atoms with Crippen LogP contribution in [0.1, 0.15) is 24.6 Å². The van der Waals surface area contributed by atoms with Crippen molar-refractivity contribution in [3.05, 3.63) is 28.5 Å². The van der Waals surface area contributed by atoms with Gasteiger partial charge in [-0.15, -0.1) is 11.3 Å². The van der Waals surface area contributed by atoms with Gasteiger partial charge in [-0.3, -0.25) is 0 Å². The molecule has 0 spiro atoms. The van der Waals surface area contributed by atoms with Crippen LogP contribution in [0, 0.1) is 6.92 Å². The minimum atomic E-state index is 0.759. The second-order valence-corrected chi connectivity index (χ2v) is 5.15. The number of nitrogens with zero attached hydrogens (tertiary/aromatic N) is 4. The predicted molar refractivity (Wildman–Crippen MR) is 79.8 cm³/mol. The topological polar surface area (TPSA) is 53.9 Å². The Labute approximate surface area is 117 Å². The van der Waals surface area contributed by atoms with Gasteiger partial charge in [0.2, 0.25) is 0 Å². The van der Waals surface area contributed by atoms with E-state index in [4.69, 9.17) is 0 Å². The van der Waals surface area contributed by atoms with E-state index in [1.165, 1.54) is 0 Å². The standard InChI is InChI=1S/C13H19N5S/c1-4-5-14-12-10(2)13(16-8-15-12)18(3)6-11-7-19-9-17-11/h7-9H,4-6H2,1-3H3,(H,14,15,16). The molecular weight excluding hydrogens is 258 g/mol. The summed E-state index contributed by atoms with van der Waals surface area (Å²) in [5.41, 5.74) is 3.99. The Morgan fingerprint density at radius 3 is 2.84 bits per heavy atom. The fraction of sp³-hybridized carbons (Fsp3) is 0.462. The normalized spacial score (nSPS) is 10.5. The lowest BCUT2D eigenvalue weighted by Gasteiger charge is -2.20. The molecule has 6 heteroatoms. The van der Waals surface area contributed by atoms with Gasteiger partial charge in [0, 0.05) is 24.5 Å². The smallest absolute Gasteiger partial charge is 0.137 e. The summed E-state index contributed by atoms with van der Waals surface area (Å²) in [6.07, 6.45) is 2.69. The van der Waals surface area contributed by atoms with E-state index in [2.05, 4.69) is 37.5 Å². The van der Waals surface area contributed by atoms with Gasteiger partial charge < -0.3 is 10.2 Å². The summed E-state index contributed by atoms with van der Waals surface area (Å²) in [7, 11) is 2.03. The highest BCUT2D eigenvalue weighted by Crippen LogP contribution is 2.22. The Balaban J connectivity index is 2.14. The van der Waals surface area contributed by atoms with Gasteiger partial charge in [0.1, 0.15) is 18.0 Å². The van der Waals surface area contributed by atoms with Crippen molar-refractivity contribution < 1.29 is 0 Å². The summed E-state index contributed by atoms with van der Waals surface area (Å²) in [4.78, 5) is 15.1. The molecule has 0 unspecified atom stereocenters. The number of nitrogens with one attached hydrogen (secondary N) is 1. The van der Waals surface area contributed by atoms with Crippen molar-refractivity contribution in [1.29, 1.82) is 0 Å². The van der Waals surface area contributed by atoms with Crippen molar-refractivity contribution in [2.45, 2.75) is 26.8 Å². The molecule has 0 saturated heterocycles. The Morgan fingerprint density at radius 1 is 1.32 bits per heavy atom. The highest BCUT2D eigenvalue weighted by Gasteiger charge is 2.11. The first kappa shape index (κ1) is 13.7. The lowest BCUT2D eigenvalue weighted by Crippen LogP contribution is -2.20. The molecule has 0 bridgehead atoms. The molecule has 0 aliphatic carbocycles. The fourth-order valence-electron chi connectivity index (χ4n) is 1.88. The maximum Gasteiger partial charge on any atom is 0.137 e. The second kappa shape index (κ2) is 6.47. The van der Waals surface area contributed by atoms with Crippen LogP contribution >= 0.6 is 11.3 Å². The lowest BCUT2D eigenvalue weighted by atomic mass is 10.2. The molecule has 2 rings (SSSR count). The fourth-order valence-corrected chi connectivity index (χ4v) is 2.43. The molecule has 0 aliphatic rings. The molecule has 0 aromatic carbocycles. The third-order valence-corrected chi connectivity index (χ3v) is 3.48. The molecule has 19 heavy (non-hydrogen) atoms. The summed E-state index contributed by atoms with van der Waals surface area (Å²) in [6, 6.07) is 0. The van der Waals surface area contributed by atoms with E-state index in [0.29, 0.717) is 0 Å². The highest BCUT2D eigenvalue weighted by molar-refractivity contribution is 7.07. The number of anilines is 2. The molecule has 0 radical (unpaired) electrons. The number of aromatic nitrogens is 3. The Hall–Kier alpha value is -1.69. The third-order valence-electron chi connectivity index (χ3n) is 2.84. The van der Waals surface area contributed by atoms with Crippen LogP contribution < -0.4 is 10.2 Å². The summed E-state index contributed by atoms with van der Waals surface area (Å²) in [6.45, 7) is 5.87. The zero-order valence-electron chi connectivity index (χ0n) is 11.6. The van der Waals surface area contributed by atoms with Crippen LogP contribution in [0.15, 0.2) is 17.2 Å². The first-order chi connectivity index (χ1) is 9.22. The number of rotatable bonds is 6. The van der Waals surface area contributed by atoms with Gasteiger partial charge >= 0.3 is 0 Å². The lowest BCUT2D eigenvalue weighted by molar-refractivity contribution is 0.859. The average molecular weight is 277 g/mol. The van der Waals surface area contributed by atoms with Crippen LogP contribution in [0.5, 0.6) is 0 Å². The van der Waals surface area contributed by atoms with E-state index in [1.54, 1.807) is 17.7 Å². The van der Waals surface area contributed by atoms with Crippen molar-refractivity contribution in [2.24, 2.45) is 0 Å². The quantitative estimate of drug-likeness (QED) is 0.880. The van der Waals surface area contributed by atoms with Crippen molar-refractivity contribution in [2.75, 3.05) is 23.8 Å². The van der Waals surface area contributed by atoms with Crippen LogP contribution in [-0.4, -0.2) is 28.5 Å². The number of hydrogen-bond donors (Lipinski definition) is 1. The molecule has 0 amide bonds. The first-order valence-corrected chi connectivity index (χ1v) is 7.30. The van der Waals surface area contributed by atoms with Crippen LogP contribution in [-0.2, 0) is 6.54 Å². The molecule has 2 heterocycles. The third kappa shape index (κ3) is 3.41. The molecule has 0 atom stereocenters. The zero-order chi connectivity index (χ0) is 13.7. The first-order valence-electron chi connectivity index (χ1n) is 6.36. The van der Waals surface area contributed by atoms with Crippen molar-refractivity contribution in [1.82, 2.24) is 15.0 Å². The van der Waals surface area contributed by atoms with Crippen molar-refractivity contribution in [3.8, 4) is 0 Å². The Kier molecular flexibility index (Phi) is 4.68. The molecule has 5 nitrogen and oxygen atoms in total. The average Bonchev–Trinajstić information content (AvgIpc) is 2.90. The largest absolute Gasteiger partial charge is 0.370 e. The van der Waals surface area contributed by atoms with E-state index in [1.807, 2.05) is 19.5 Å². The summed E-state index contributed by atoms with van der Waals surface area (Å²) in [5, 5.41) is 5.38. The SMILES string of the molecule is CCCNc1ncnc(N(C)Cc2cscn2)c1C. The van der Waals surface area contributed by atoms with Gasteiger partial charge in [0.15, 0.2) is 0 Å². The van der Waals surface area contributed by atoms with E-state index in [0.717, 1.165) is 42.4 Å². The zero-order valence-corrected chi connectivity index (χ0v) is 12.4. The molecular formula is C13H19N5S. The number of thiazole rings is 1. The number of hydrogen-bond acceptors (Lipinski definition) is 6. The van der Waals surface area contributed by atoms with E-state index < -0.39 is 0 Å².